The van der Waals surface area contributed by atoms with Gasteiger partial charge in [0.05, 0.1) is 7.05 Å². The van der Waals surface area contributed by atoms with Crippen molar-refractivity contribution in [2.45, 2.75) is 25.4 Å². The van der Waals surface area contributed by atoms with Crippen molar-refractivity contribution in [1.82, 2.24) is 0 Å². The van der Waals surface area contributed by atoms with Gasteiger partial charge in [0, 0.05) is 0 Å². The van der Waals surface area contributed by atoms with Gasteiger partial charge in [-0.1, -0.05) is 6.07 Å². The smallest absolute Gasteiger partial charge is 0.137 e. The van der Waals surface area contributed by atoms with Crippen LogP contribution in [0.1, 0.15) is 17.5 Å². The van der Waals surface area contributed by atoms with Crippen molar-refractivity contribution < 1.29 is 19.6 Å². The van der Waals surface area contributed by atoms with Crippen molar-refractivity contribution in [3.8, 4) is 5.75 Å². The molecule has 4 nitrogen and oxygen atoms in total. The van der Waals surface area contributed by atoms with E-state index in [0.717, 1.165) is 25.4 Å². The maximum Gasteiger partial charge on any atom is 0.137 e. The van der Waals surface area contributed by atoms with E-state index < -0.39 is 0 Å². The molecule has 0 aromatic heterocycles. The molecular weight excluding hydrogens is 264 g/mol. The monoisotopic (exact) mass is 292 g/mol. The molecular formula is C17H28N2O2+2. The zero-order valence-electron chi connectivity index (χ0n) is 13.0. The molecule has 4 heteroatoms. The Morgan fingerprint density at radius 1 is 1.14 bits per heavy atom. The Morgan fingerprint density at radius 3 is 2.71 bits per heavy atom. The van der Waals surface area contributed by atoms with Crippen molar-refractivity contribution in [3.63, 3.8) is 0 Å². The molecule has 1 aliphatic heterocycles. The van der Waals surface area contributed by atoms with E-state index in [0.29, 0.717) is 6.61 Å². The Balaban J connectivity index is 1.44. The lowest BCUT2D eigenvalue weighted by Gasteiger charge is -2.28. The van der Waals surface area contributed by atoms with Crippen molar-refractivity contribution >= 4 is 0 Å². The van der Waals surface area contributed by atoms with E-state index in [9.17, 15) is 5.11 Å². The Morgan fingerprint density at radius 2 is 1.90 bits per heavy atom. The quantitative estimate of drug-likeness (QED) is 0.607. The molecule has 0 radical (unpaired) electrons. The molecule has 1 saturated heterocycles. The molecule has 3 N–H and O–H groups in total. The molecule has 1 atom stereocenters. The molecule has 21 heavy (non-hydrogen) atoms. The summed E-state index contributed by atoms with van der Waals surface area (Å²) in [5.41, 5.74) is 2.89. The number of ether oxygens (including phenoxy) is 1. The SMILES string of the molecule is C[NH+]1CC[NH+](C[C@@H](O)COc2ccc3c(c2)CCC3)CC1. The lowest BCUT2D eigenvalue weighted by atomic mass is 10.1. The van der Waals surface area contributed by atoms with Gasteiger partial charge in [-0.2, -0.15) is 0 Å². The first-order valence-electron chi connectivity index (χ1n) is 8.28. The Labute approximate surface area is 127 Å². The molecule has 116 valence electrons. The first-order valence-corrected chi connectivity index (χ1v) is 8.28. The lowest BCUT2D eigenvalue weighted by Crippen LogP contribution is -3.27. The molecule has 1 aromatic rings. The number of rotatable bonds is 5. The minimum Gasteiger partial charge on any atom is -0.491 e. The third-order valence-electron chi connectivity index (χ3n) is 4.85. The van der Waals surface area contributed by atoms with Gasteiger partial charge < -0.3 is 19.6 Å². The molecule has 1 aliphatic carbocycles. The van der Waals surface area contributed by atoms with E-state index in [2.05, 4.69) is 19.2 Å². The summed E-state index contributed by atoms with van der Waals surface area (Å²) < 4.78 is 5.79. The van der Waals surface area contributed by atoms with E-state index in [1.54, 1.807) is 4.90 Å². The Bertz CT molecular complexity index is 470. The third-order valence-corrected chi connectivity index (χ3v) is 4.85. The fourth-order valence-electron chi connectivity index (χ4n) is 3.46. The van der Waals surface area contributed by atoms with Crippen LogP contribution in [0.4, 0.5) is 0 Å². The van der Waals surface area contributed by atoms with E-state index in [4.69, 9.17) is 4.74 Å². The van der Waals surface area contributed by atoms with Gasteiger partial charge in [-0.15, -0.1) is 0 Å². The average Bonchev–Trinajstić information content (AvgIpc) is 2.95. The highest BCUT2D eigenvalue weighted by Crippen LogP contribution is 2.25. The topological polar surface area (TPSA) is 38.3 Å². The largest absolute Gasteiger partial charge is 0.491 e. The Kier molecular flexibility index (Phi) is 4.78. The van der Waals surface area contributed by atoms with E-state index >= 15 is 0 Å². The normalized spacial score (nSPS) is 26.4. The summed E-state index contributed by atoms with van der Waals surface area (Å²) in [6.45, 7) is 5.92. The second kappa shape index (κ2) is 6.77. The van der Waals surface area contributed by atoms with Gasteiger partial charge >= 0.3 is 0 Å². The number of fused-ring (bicyclic) bond motifs is 1. The molecule has 1 aromatic carbocycles. The van der Waals surface area contributed by atoms with Crippen LogP contribution >= 0.6 is 0 Å². The van der Waals surface area contributed by atoms with E-state index in [-0.39, 0.29) is 6.10 Å². The molecule has 0 amide bonds. The number of hydrogen-bond acceptors (Lipinski definition) is 2. The maximum atomic E-state index is 10.2. The fourth-order valence-corrected chi connectivity index (χ4v) is 3.46. The van der Waals surface area contributed by atoms with Crippen LogP contribution in [-0.2, 0) is 12.8 Å². The van der Waals surface area contributed by atoms with Gasteiger partial charge in [-0.25, -0.2) is 0 Å². The number of piperazine rings is 1. The molecule has 3 rings (SSSR count). The maximum absolute atomic E-state index is 10.2. The lowest BCUT2D eigenvalue weighted by molar-refractivity contribution is -1.00. The van der Waals surface area contributed by atoms with Crippen molar-refractivity contribution in [1.29, 1.82) is 0 Å². The van der Waals surface area contributed by atoms with Crippen molar-refractivity contribution in [3.05, 3.63) is 29.3 Å². The first-order chi connectivity index (χ1) is 10.2. The molecule has 0 unspecified atom stereocenters. The average molecular weight is 292 g/mol. The zero-order valence-corrected chi connectivity index (χ0v) is 13.0. The molecule has 0 spiro atoms. The summed E-state index contributed by atoms with van der Waals surface area (Å²) in [5.74, 6) is 0.910. The fraction of sp³-hybridized carbons (Fsp3) is 0.647. The number of benzene rings is 1. The second-order valence-electron chi connectivity index (χ2n) is 6.66. The number of nitrogens with one attached hydrogen (secondary N) is 2. The van der Waals surface area contributed by atoms with Crippen LogP contribution in [0.3, 0.4) is 0 Å². The summed E-state index contributed by atoms with van der Waals surface area (Å²) in [6.07, 6.45) is 3.26. The van der Waals surface area contributed by atoms with Gasteiger partial charge in [0.2, 0.25) is 0 Å². The van der Waals surface area contributed by atoms with Crippen LogP contribution in [0, 0.1) is 0 Å². The summed E-state index contributed by atoms with van der Waals surface area (Å²) in [6, 6.07) is 6.38. The van der Waals surface area contributed by atoms with E-state index in [1.807, 2.05) is 6.07 Å². The van der Waals surface area contributed by atoms with Crippen LogP contribution in [0.2, 0.25) is 0 Å². The molecule has 0 bridgehead atoms. The number of quaternary nitrogens is 2. The highest BCUT2D eigenvalue weighted by atomic mass is 16.5. The third kappa shape index (κ3) is 3.96. The Hall–Kier alpha value is -1.10. The predicted octanol–water partition coefficient (Wildman–Crippen LogP) is -1.67. The van der Waals surface area contributed by atoms with Crippen LogP contribution in [0.5, 0.6) is 5.75 Å². The number of hydrogen-bond donors (Lipinski definition) is 3. The summed E-state index contributed by atoms with van der Waals surface area (Å²) in [5, 5.41) is 10.2. The zero-order chi connectivity index (χ0) is 14.7. The van der Waals surface area contributed by atoms with Gasteiger partial charge in [-0.05, 0) is 42.5 Å². The van der Waals surface area contributed by atoms with Crippen LogP contribution < -0.4 is 14.5 Å². The van der Waals surface area contributed by atoms with Crippen molar-refractivity contribution in [2.75, 3.05) is 46.4 Å². The summed E-state index contributed by atoms with van der Waals surface area (Å²) in [4.78, 5) is 3.10. The van der Waals surface area contributed by atoms with E-state index in [1.165, 1.54) is 48.4 Å². The van der Waals surface area contributed by atoms with Crippen LogP contribution in [0.15, 0.2) is 18.2 Å². The summed E-state index contributed by atoms with van der Waals surface area (Å²) in [7, 11) is 2.24. The van der Waals surface area contributed by atoms with Crippen LogP contribution in [-0.4, -0.2) is 57.6 Å². The number of likely N-dealkylation sites (N-methyl/N-ethyl adjacent to an activating group) is 1. The minimum absolute atomic E-state index is 0.369. The number of aliphatic hydroxyl groups is 1. The number of aliphatic hydroxyl groups excluding tert-OH is 1. The predicted molar refractivity (Wildman–Crippen MR) is 82.2 cm³/mol. The molecule has 0 saturated carbocycles. The van der Waals surface area contributed by atoms with Gasteiger partial charge in [-0.3, -0.25) is 0 Å². The first kappa shape index (κ1) is 14.8. The molecule has 1 heterocycles. The molecule has 2 aliphatic rings. The highest BCUT2D eigenvalue weighted by Gasteiger charge is 2.22. The van der Waals surface area contributed by atoms with Gasteiger partial charge in [0.1, 0.15) is 51.2 Å². The highest BCUT2D eigenvalue weighted by molar-refractivity contribution is 5.38. The number of aryl methyl sites for hydroxylation is 2. The van der Waals surface area contributed by atoms with Crippen molar-refractivity contribution in [2.24, 2.45) is 0 Å². The minimum atomic E-state index is -0.369. The van der Waals surface area contributed by atoms with Crippen LogP contribution in [0.25, 0.3) is 0 Å². The van der Waals surface area contributed by atoms with Gasteiger partial charge in [0.15, 0.2) is 0 Å². The standard InChI is InChI=1S/C17H26N2O2/c1-18-7-9-19(10-8-18)12-16(20)13-21-17-6-5-14-3-2-4-15(14)11-17/h5-6,11,16,20H,2-4,7-10,12-13H2,1H3/p+2/t16-/m1/s1. The van der Waals surface area contributed by atoms with Gasteiger partial charge in [0.25, 0.3) is 0 Å². The molecule has 1 fully saturated rings. The second-order valence-corrected chi connectivity index (χ2v) is 6.66. The summed E-state index contributed by atoms with van der Waals surface area (Å²) >= 11 is 0.